The molecular formula is C10H14N2O2. The van der Waals surface area contributed by atoms with Crippen LogP contribution in [0.1, 0.15) is 20.3 Å². The second kappa shape index (κ2) is 7.91. The van der Waals surface area contributed by atoms with Crippen molar-refractivity contribution in [2.75, 3.05) is 0 Å². The summed E-state index contributed by atoms with van der Waals surface area (Å²) in [5.74, 6) is -0.524. The smallest absolute Gasteiger partial charge is 0.266 e. The van der Waals surface area contributed by atoms with E-state index in [2.05, 4.69) is 5.29 Å². The Hall–Kier alpha value is -1.71. The van der Waals surface area contributed by atoms with Crippen LogP contribution in [0, 0.1) is 4.91 Å². The van der Waals surface area contributed by atoms with Crippen LogP contribution < -0.4 is 5.43 Å². The van der Waals surface area contributed by atoms with Crippen LogP contribution in [0.25, 0.3) is 0 Å². The predicted octanol–water partition coefficient (Wildman–Crippen LogP) is 2.25. The molecular weight excluding hydrogens is 180 g/mol. The molecule has 0 aliphatic rings. The van der Waals surface area contributed by atoms with E-state index < -0.39 is 5.91 Å². The van der Waals surface area contributed by atoms with Gasteiger partial charge in [0.1, 0.15) is 0 Å². The van der Waals surface area contributed by atoms with Crippen LogP contribution in [0.3, 0.4) is 0 Å². The lowest BCUT2D eigenvalue weighted by Gasteiger charge is -1.91. The van der Waals surface area contributed by atoms with Gasteiger partial charge in [0.15, 0.2) is 0 Å². The molecule has 0 unspecified atom stereocenters. The third-order valence-corrected chi connectivity index (χ3v) is 1.46. The monoisotopic (exact) mass is 194 g/mol. The van der Waals surface area contributed by atoms with E-state index in [1.807, 2.05) is 32.1 Å². The molecule has 0 atom stereocenters. The van der Waals surface area contributed by atoms with Crippen molar-refractivity contribution in [3.63, 3.8) is 0 Å². The molecule has 0 bridgehead atoms. The van der Waals surface area contributed by atoms with E-state index in [9.17, 15) is 9.70 Å². The average Bonchev–Trinajstić information content (AvgIpc) is 2.19. The van der Waals surface area contributed by atoms with Crippen molar-refractivity contribution in [1.82, 2.24) is 5.43 Å². The molecule has 4 nitrogen and oxygen atoms in total. The summed E-state index contributed by atoms with van der Waals surface area (Å²) >= 11 is 0. The van der Waals surface area contributed by atoms with Crippen molar-refractivity contribution in [3.8, 4) is 0 Å². The number of nitrogens with one attached hydrogen (secondary N) is 1. The van der Waals surface area contributed by atoms with E-state index in [4.69, 9.17) is 0 Å². The van der Waals surface area contributed by atoms with Crippen molar-refractivity contribution in [3.05, 3.63) is 40.9 Å². The minimum atomic E-state index is -0.524. The summed E-state index contributed by atoms with van der Waals surface area (Å²) in [5, 5.41) is 2.26. The zero-order valence-corrected chi connectivity index (χ0v) is 8.36. The summed E-state index contributed by atoms with van der Waals surface area (Å²) in [5.41, 5.74) is 2.68. The fourth-order valence-corrected chi connectivity index (χ4v) is 0.756. The van der Waals surface area contributed by atoms with E-state index in [0.717, 1.165) is 12.0 Å². The molecule has 0 aromatic carbocycles. The molecule has 0 rings (SSSR count). The molecule has 0 saturated heterocycles. The molecule has 0 radical (unpaired) electrons. The molecule has 4 heteroatoms. The Morgan fingerprint density at radius 1 is 1.36 bits per heavy atom. The molecule has 0 aromatic heterocycles. The second-order valence-electron chi connectivity index (χ2n) is 2.50. The van der Waals surface area contributed by atoms with E-state index in [0.29, 0.717) is 0 Å². The molecule has 1 N–H and O–H groups in total. The van der Waals surface area contributed by atoms with Gasteiger partial charge in [-0.25, -0.2) is 5.43 Å². The van der Waals surface area contributed by atoms with Gasteiger partial charge in [0.25, 0.3) is 5.91 Å². The molecule has 0 fully saturated rings. The first kappa shape index (κ1) is 12.3. The summed E-state index contributed by atoms with van der Waals surface area (Å²) in [4.78, 5) is 20.5. The molecule has 0 aliphatic heterocycles. The van der Waals surface area contributed by atoms with Crippen molar-refractivity contribution < 1.29 is 4.79 Å². The number of nitroso groups, excluding NO2 is 1. The maximum atomic E-state index is 10.8. The van der Waals surface area contributed by atoms with Crippen LogP contribution in [-0.4, -0.2) is 5.91 Å². The number of rotatable bonds is 5. The Morgan fingerprint density at radius 3 is 2.57 bits per heavy atom. The van der Waals surface area contributed by atoms with Crippen LogP contribution in [0.15, 0.2) is 41.2 Å². The van der Waals surface area contributed by atoms with Gasteiger partial charge >= 0.3 is 0 Å². The van der Waals surface area contributed by atoms with Crippen LogP contribution in [0.2, 0.25) is 0 Å². The molecule has 14 heavy (non-hydrogen) atoms. The van der Waals surface area contributed by atoms with Gasteiger partial charge in [-0.1, -0.05) is 25.2 Å². The van der Waals surface area contributed by atoms with E-state index in [-0.39, 0.29) is 0 Å². The van der Waals surface area contributed by atoms with Gasteiger partial charge < -0.3 is 0 Å². The molecule has 1 amide bonds. The molecule has 0 aromatic rings. The summed E-state index contributed by atoms with van der Waals surface area (Å²) in [6, 6.07) is 0. The fraction of sp³-hybridized carbons (Fsp3) is 0.300. The highest BCUT2D eigenvalue weighted by Crippen LogP contribution is 1.99. The van der Waals surface area contributed by atoms with Gasteiger partial charge in [-0.3, -0.25) is 4.79 Å². The van der Waals surface area contributed by atoms with Crippen molar-refractivity contribution in [1.29, 1.82) is 0 Å². The average molecular weight is 194 g/mol. The van der Waals surface area contributed by atoms with Gasteiger partial charge in [-0.05, 0) is 25.0 Å². The van der Waals surface area contributed by atoms with Gasteiger partial charge in [0.05, 0.1) is 5.29 Å². The number of hydrogen-bond donors (Lipinski definition) is 1. The molecule has 0 spiro atoms. The largest absolute Gasteiger partial charge is 0.268 e. The van der Waals surface area contributed by atoms with E-state index >= 15 is 0 Å². The van der Waals surface area contributed by atoms with Crippen LogP contribution in [-0.2, 0) is 4.79 Å². The highest BCUT2D eigenvalue weighted by molar-refractivity contribution is 5.87. The normalized spacial score (nSPS) is 12.3. The zero-order valence-electron chi connectivity index (χ0n) is 8.36. The second-order valence-corrected chi connectivity index (χ2v) is 2.50. The lowest BCUT2D eigenvalue weighted by atomic mass is 10.2. The predicted molar refractivity (Wildman–Crippen MR) is 56.3 cm³/mol. The SMILES string of the molecule is C/C=C(\C=C/CC)/C=C/C(=O)NN=O. The Labute approximate surface area is 83.3 Å². The Kier molecular flexibility index (Phi) is 6.95. The van der Waals surface area contributed by atoms with Gasteiger partial charge in [0.2, 0.25) is 0 Å². The van der Waals surface area contributed by atoms with Gasteiger partial charge in [0, 0.05) is 6.08 Å². The Balaban J connectivity index is 4.25. The van der Waals surface area contributed by atoms with Gasteiger partial charge in [-0.2, -0.15) is 0 Å². The van der Waals surface area contributed by atoms with E-state index in [1.54, 1.807) is 11.5 Å². The number of carbonyl (C=O) groups excluding carboxylic acids is 1. The molecule has 0 aliphatic carbocycles. The molecule has 0 heterocycles. The van der Waals surface area contributed by atoms with Gasteiger partial charge in [-0.15, -0.1) is 4.91 Å². The topological polar surface area (TPSA) is 58.5 Å². The lowest BCUT2D eigenvalue weighted by Crippen LogP contribution is -2.12. The third-order valence-electron chi connectivity index (χ3n) is 1.46. The van der Waals surface area contributed by atoms with Crippen molar-refractivity contribution in [2.45, 2.75) is 20.3 Å². The minimum absolute atomic E-state index is 0.524. The highest BCUT2D eigenvalue weighted by atomic mass is 16.3. The number of amides is 1. The quantitative estimate of drug-likeness (QED) is 0.316. The number of carbonyl (C=O) groups is 1. The standard InChI is InChI=1S/C10H14N2O2/c1-3-5-6-9(4-2)7-8-10(13)11-12-14/h4-8H,3H2,1-2H3,(H,11,13,14)/b6-5-,8-7+,9-4+. The van der Waals surface area contributed by atoms with E-state index in [1.165, 1.54) is 6.08 Å². The first-order valence-electron chi connectivity index (χ1n) is 4.37. The number of nitrogens with zero attached hydrogens (tertiary/aromatic N) is 1. The number of allylic oxidation sites excluding steroid dienone is 5. The first-order valence-corrected chi connectivity index (χ1v) is 4.37. The maximum Gasteiger partial charge on any atom is 0.266 e. The third kappa shape index (κ3) is 5.88. The maximum absolute atomic E-state index is 10.8. The molecule has 76 valence electrons. The Bertz CT molecular complexity index is 278. The summed E-state index contributed by atoms with van der Waals surface area (Å²) in [6.45, 7) is 3.89. The Morgan fingerprint density at radius 2 is 2.07 bits per heavy atom. The van der Waals surface area contributed by atoms with Crippen molar-refractivity contribution >= 4 is 5.91 Å². The highest BCUT2D eigenvalue weighted by Gasteiger charge is 1.91. The zero-order chi connectivity index (χ0) is 10.8. The first-order chi connectivity index (χ1) is 6.74. The van der Waals surface area contributed by atoms with Crippen molar-refractivity contribution in [2.24, 2.45) is 5.29 Å². The van der Waals surface area contributed by atoms with Crippen LogP contribution in [0.5, 0.6) is 0 Å². The number of hydrogen-bond acceptors (Lipinski definition) is 3. The fourth-order valence-electron chi connectivity index (χ4n) is 0.756. The van der Waals surface area contributed by atoms with Crippen LogP contribution in [0.4, 0.5) is 0 Å². The summed E-state index contributed by atoms with van der Waals surface area (Å²) in [7, 11) is 0. The summed E-state index contributed by atoms with van der Waals surface area (Å²) < 4.78 is 0. The minimum Gasteiger partial charge on any atom is -0.268 e. The van der Waals surface area contributed by atoms with Crippen LogP contribution >= 0.6 is 0 Å². The molecule has 0 saturated carbocycles. The summed E-state index contributed by atoms with van der Waals surface area (Å²) in [6.07, 6.45) is 9.56. The lowest BCUT2D eigenvalue weighted by molar-refractivity contribution is -0.116.